The molecular formula is C45H42ClFN4O6. The van der Waals surface area contributed by atoms with Crippen molar-refractivity contribution in [2.45, 2.75) is 49.6 Å². The molecule has 4 amide bonds. The quantitative estimate of drug-likeness (QED) is 0.147. The van der Waals surface area contributed by atoms with Crippen LogP contribution < -0.4 is 10.2 Å². The van der Waals surface area contributed by atoms with Crippen molar-refractivity contribution in [3.8, 4) is 11.5 Å². The van der Waals surface area contributed by atoms with Gasteiger partial charge in [-0.3, -0.25) is 34.4 Å². The average Bonchev–Trinajstić information content (AvgIpc) is 3.60. The van der Waals surface area contributed by atoms with Crippen LogP contribution in [0.1, 0.15) is 48.3 Å². The van der Waals surface area contributed by atoms with Gasteiger partial charge in [0.15, 0.2) is 11.5 Å². The highest BCUT2D eigenvalue weighted by molar-refractivity contribution is 6.30. The topological polar surface area (TPSA) is 119 Å². The van der Waals surface area contributed by atoms with Crippen LogP contribution in [0.25, 0.3) is 0 Å². The number of benzene rings is 4. The van der Waals surface area contributed by atoms with Gasteiger partial charge in [0.25, 0.3) is 11.8 Å². The molecule has 3 saturated heterocycles. The van der Waals surface area contributed by atoms with Gasteiger partial charge in [-0.2, -0.15) is 5.01 Å². The fourth-order valence-corrected chi connectivity index (χ4v) is 10.6. The normalized spacial score (nSPS) is 27.6. The van der Waals surface area contributed by atoms with E-state index in [9.17, 15) is 23.9 Å². The second-order valence-electron chi connectivity index (χ2n) is 15.8. The van der Waals surface area contributed by atoms with E-state index < -0.39 is 52.6 Å². The zero-order valence-corrected chi connectivity index (χ0v) is 32.1. The van der Waals surface area contributed by atoms with Gasteiger partial charge in [-0.15, -0.1) is 0 Å². The third-order valence-corrected chi connectivity index (χ3v) is 13.3. The molecule has 0 aromatic heterocycles. The van der Waals surface area contributed by atoms with Crippen molar-refractivity contribution in [1.82, 2.24) is 14.8 Å². The molecular weight excluding hydrogens is 747 g/mol. The molecule has 4 aromatic carbocycles. The van der Waals surface area contributed by atoms with Gasteiger partial charge < -0.3 is 9.84 Å². The van der Waals surface area contributed by atoms with Crippen LogP contribution in [0.5, 0.6) is 11.5 Å². The summed E-state index contributed by atoms with van der Waals surface area (Å²) in [6.07, 6.45) is 3.79. The number of carbonyl (C=O) groups is 4. The van der Waals surface area contributed by atoms with Gasteiger partial charge in [0, 0.05) is 36.6 Å². The van der Waals surface area contributed by atoms with E-state index in [2.05, 4.69) is 22.5 Å². The van der Waals surface area contributed by atoms with Crippen LogP contribution in [-0.4, -0.2) is 69.8 Å². The van der Waals surface area contributed by atoms with E-state index in [1.807, 2.05) is 24.3 Å². The lowest BCUT2D eigenvalue weighted by Crippen LogP contribution is -2.53. The van der Waals surface area contributed by atoms with E-state index in [-0.39, 0.29) is 35.8 Å². The summed E-state index contributed by atoms with van der Waals surface area (Å²) in [7, 11) is 1.44. The number of phenolic OH excluding ortho intramolecular Hbond substituents is 1. The molecule has 10 nitrogen and oxygen atoms in total. The molecule has 2 aliphatic carbocycles. The largest absolute Gasteiger partial charge is 0.504 e. The van der Waals surface area contributed by atoms with Crippen LogP contribution in [0.3, 0.4) is 0 Å². The SMILES string of the molecule is COc1cc(C2C3=CCC4C(=O)N(C5CCN(Cc6ccccc6)CC5)C(=O)C4C3CC3C(=O)N(Nc4ccc(F)cc4)C(=O)C32c2ccc(Cl)cc2)ccc1O. The second-order valence-corrected chi connectivity index (χ2v) is 16.3. The van der Waals surface area contributed by atoms with Crippen molar-refractivity contribution < 1.29 is 33.4 Å². The molecule has 292 valence electrons. The minimum Gasteiger partial charge on any atom is -0.504 e. The highest BCUT2D eigenvalue weighted by atomic mass is 35.5. The molecule has 6 unspecified atom stereocenters. The zero-order chi connectivity index (χ0) is 39.6. The van der Waals surface area contributed by atoms with Gasteiger partial charge in [0.1, 0.15) is 5.82 Å². The number of methoxy groups -OCH3 is 1. The second kappa shape index (κ2) is 14.5. The van der Waals surface area contributed by atoms with Crippen molar-refractivity contribution in [2.24, 2.45) is 23.7 Å². The molecule has 0 spiro atoms. The van der Waals surface area contributed by atoms with Gasteiger partial charge in [0.2, 0.25) is 11.8 Å². The molecule has 3 aliphatic heterocycles. The number of fused-ring (bicyclic) bond motifs is 4. The highest BCUT2D eigenvalue weighted by Gasteiger charge is 2.70. The molecule has 1 saturated carbocycles. The number of imide groups is 2. The van der Waals surface area contributed by atoms with E-state index in [4.69, 9.17) is 16.3 Å². The van der Waals surface area contributed by atoms with Crippen LogP contribution in [0, 0.1) is 29.5 Å². The average molecular weight is 789 g/mol. The predicted molar refractivity (Wildman–Crippen MR) is 210 cm³/mol. The van der Waals surface area contributed by atoms with Gasteiger partial charge in [-0.05, 0) is 96.8 Å². The standard InChI is InChI=1S/C45H42ClFN4O6/c1-57-38-23-27(7-18-37(38)52)40-33-16-17-34-39(43(55)50(41(34)53)32-19-21-49(22-20-32)25-26-5-3-2-4-6-26)35(33)24-36-42(54)51(48-31-14-12-30(47)13-15-31)44(56)45(36,40)28-8-10-29(46)11-9-28/h2-16,18,23,32,34-36,39-40,48,52H,17,19-22,24-25H2,1H3. The smallest absolute Gasteiger partial charge is 0.260 e. The number of nitrogens with one attached hydrogen (secondary N) is 1. The van der Waals surface area contributed by atoms with Gasteiger partial charge in [-0.1, -0.05) is 71.8 Å². The maximum Gasteiger partial charge on any atom is 0.260 e. The Morgan fingerprint density at radius 2 is 1.60 bits per heavy atom. The van der Waals surface area contributed by atoms with E-state index in [1.54, 1.807) is 36.4 Å². The van der Waals surface area contributed by atoms with Crippen LogP contribution in [0.4, 0.5) is 10.1 Å². The number of hydrogen-bond acceptors (Lipinski definition) is 8. The number of ether oxygens (including phenoxy) is 1. The molecule has 3 heterocycles. The Morgan fingerprint density at radius 3 is 2.30 bits per heavy atom. The van der Waals surface area contributed by atoms with Crippen molar-refractivity contribution in [1.29, 1.82) is 0 Å². The molecule has 57 heavy (non-hydrogen) atoms. The Hall–Kier alpha value is -5.52. The number of piperidine rings is 1. The molecule has 4 aromatic rings. The number of hydrogen-bond donors (Lipinski definition) is 2. The monoisotopic (exact) mass is 788 g/mol. The third kappa shape index (κ3) is 6.01. The Labute approximate surface area is 334 Å². The summed E-state index contributed by atoms with van der Waals surface area (Å²) in [6, 6.07) is 27.2. The molecule has 6 atom stereocenters. The molecule has 0 radical (unpaired) electrons. The molecule has 0 bridgehead atoms. The number of halogens is 2. The van der Waals surface area contributed by atoms with E-state index in [1.165, 1.54) is 47.9 Å². The number of amides is 4. The van der Waals surface area contributed by atoms with Crippen LogP contribution in [0.15, 0.2) is 109 Å². The number of likely N-dealkylation sites (tertiary alicyclic amines) is 2. The first-order valence-electron chi connectivity index (χ1n) is 19.5. The van der Waals surface area contributed by atoms with Crippen molar-refractivity contribution in [2.75, 3.05) is 25.6 Å². The molecule has 4 fully saturated rings. The number of nitrogens with zero attached hydrogens (tertiary/aromatic N) is 3. The lowest BCUT2D eigenvalue weighted by atomic mass is 9.49. The van der Waals surface area contributed by atoms with Gasteiger partial charge >= 0.3 is 0 Å². The number of carbonyl (C=O) groups excluding carboxylic acids is 4. The first-order valence-corrected chi connectivity index (χ1v) is 19.8. The fraction of sp³-hybridized carbons (Fsp3) is 0.333. The van der Waals surface area contributed by atoms with Crippen LogP contribution in [-0.2, 0) is 31.1 Å². The summed E-state index contributed by atoms with van der Waals surface area (Å²) in [4.78, 5) is 63.3. The number of allylic oxidation sites excluding steroid dienone is 2. The molecule has 5 aliphatic rings. The predicted octanol–water partition coefficient (Wildman–Crippen LogP) is 6.84. The summed E-state index contributed by atoms with van der Waals surface area (Å²) in [5.41, 5.74) is 4.93. The van der Waals surface area contributed by atoms with Crippen LogP contribution >= 0.6 is 11.6 Å². The first kappa shape index (κ1) is 37.1. The van der Waals surface area contributed by atoms with Crippen LogP contribution in [0.2, 0.25) is 5.02 Å². The van der Waals surface area contributed by atoms with Crippen molar-refractivity contribution in [3.05, 3.63) is 136 Å². The first-order chi connectivity index (χ1) is 27.6. The highest BCUT2D eigenvalue weighted by Crippen LogP contribution is 2.64. The Kier molecular flexibility index (Phi) is 9.40. The fourth-order valence-electron chi connectivity index (χ4n) is 10.5. The maximum atomic E-state index is 15.3. The number of aromatic hydroxyl groups is 1. The molecule has 9 rings (SSSR count). The maximum absolute atomic E-state index is 15.3. The van der Waals surface area contributed by atoms with Crippen molar-refractivity contribution in [3.63, 3.8) is 0 Å². The van der Waals surface area contributed by atoms with Gasteiger partial charge in [0.05, 0.1) is 36.0 Å². The number of anilines is 1. The Balaban J connectivity index is 1.12. The van der Waals surface area contributed by atoms with Gasteiger partial charge in [-0.25, -0.2) is 4.39 Å². The minimum atomic E-state index is -1.54. The Morgan fingerprint density at radius 1 is 0.877 bits per heavy atom. The summed E-state index contributed by atoms with van der Waals surface area (Å²) >= 11 is 6.40. The van der Waals surface area contributed by atoms with Crippen molar-refractivity contribution >= 4 is 40.9 Å². The summed E-state index contributed by atoms with van der Waals surface area (Å²) in [5, 5.41) is 12.2. The lowest BCUT2D eigenvalue weighted by molar-refractivity contribution is -0.144. The summed E-state index contributed by atoms with van der Waals surface area (Å²) in [6.45, 7) is 2.31. The third-order valence-electron chi connectivity index (χ3n) is 13.0. The Bertz CT molecular complexity index is 2280. The molecule has 12 heteroatoms. The lowest BCUT2D eigenvalue weighted by Gasteiger charge is -2.50. The minimum absolute atomic E-state index is 0.0983. The summed E-state index contributed by atoms with van der Waals surface area (Å²) < 4.78 is 19.5. The summed E-state index contributed by atoms with van der Waals surface area (Å²) in [5.74, 6) is -5.46. The van der Waals surface area contributed by atoms with E-state index in [0.717, 1.165) is 30.2 Å². The number of hydrazine groups is 1. The molecule has 2 N–H and O–H groups in total. The van der Waals surface area contributed by atoms with E-state index in [0.29, 0.717) is 41.1 Å². The number of phenols is 1. The zero-order valence-electron chi connectivity index (χ0n) is 31.3. The van der Waals surface area contributed by atoms with E-state index >= 15 is 4.79 Å². The number of rotatable bonds is 8.